The third-order valence-electron chi connectivity index (χ3n) is 3.35. The van der Waals surface area contributed by atoms with E-state index in [9.17, 15) is 4.21 Å². The Morgan fingerprint density at radius 1 is 1.32 bits per heavy atom. The molecule has 0 amide bonds. The molecule has 0 radical (unpaired) electrons. The summed E-state index contributed by atoms with van der Waals surface area (Å²) >= 11 is 0. The van der Waals surface area contributed by atoms with E-state index < -0.39 is 10.8 Å². The SMILES string of the molecule is Cc1ccc(CC[S@@](=O)c2n[nH]c(C3CC3)n2)cc1. The average molecular weight is 275 g/mol. The van der Waals surface area contributed by atoms with Gasteiger partial charge in [0.2, 0.25) is 5.16 Å². The fourth-order valence-corrected chi connectivity index (χ4v) is 2.91. The minimum Gasteiger partial charge on any atom is -0.262 e. The second kappa shape index (κ2) is 5.25. The van der Waals surface area contributed by atoms with Crippen molar-refractivity contribution in [1.29, 1.82) is 0 Å². The second-order valence-corrected chi connectivity index (χ2v) is 6.53. The summed E-state index contributed by atoms with van der Waals surface area (Å²) in [4.78, 5) is 4.33. The summed E-state index contributed by atoms with van der Waals surface area (Å²) < 4.78 is 12.1. The van der Waals surface area contributed by atoms with Gasteiger partial charge in [0.05, 0.1) is 10.8 Å². The summed E-state index contributed by atoms with van der Waals surface area (Å²) in [5.41, 5.74) is 2.45. The lowest BCUT2D eigenvalue weighted by atomic mass is 10.1. The van der Waals surface area contributed by atoms with E-state index in [2.05, 4.69) is 46.4 Å². The van der Waals surface area contributed by atoms with Crippen molar-refractivity contribution < 1.29 is 4.21 Å². The largest absolute Gasteiger partial charge is 0.262 e. The first-order valence-electron chi connectivity index (χ1n) is 6.58. The van der Waals surface area contributed by atoms with Crippen LogP contribution in [0.25, 0.3) is 0 Å². The zero-order valence-corrected chi connectivity index (χ0v) is 11.7. The zero-order valence-electron chi connectivity index (χ0n) is 10.9. The minimum atomic E-state index is -1.11. The number of hydrogen-bond acceptors (Lipinski definition) is 3. The number of nitrogens with one attached hydrogen (secondary N) is 1. The monoisotopic (exact) mass is 275 g/mol. The molecule has 3 rings (SSSR count). The van der Waals surface area contributed by atoms with Crippen molar-refractivity contribution in [2.75, 3.05) is 5.75 Å². The molecule has 1 heterocycles. The molecule has 1 aliphatic rings. The highest BCUT2D eigenvalue weighted by molar-refractivity contribution is 7.84. The van der Waals surface area contributed by atoms with Gasteiger partial charge in [-0.05, 0) is 31.7 Å². The van der Waals surface area contributed by atoms with Gasteiger partial charge in [0.15, 0.2) is 0 Å². The number of aromatic nitrogens is 3. The van der Waals surface area contributed by atoms with Gasteiger partial charge in [0, 0.05) is 11.7 Å². The Morgan fingerprint density at radius 2 is 2.05 bits per heavy atom. The molecule has 1 aromatic carbocycles. The van der Waals surface area contributed by atoms with Crippen molar-refractivity contribution in [2.24, 2.45) is 0 Å². The summed E-state index contributed by atoms with van der Waals surface area (Å²) in [6.45, 7) is 2.06. The molecule has 0 spiro atoms. The lowest BCUT2D eigenvalue weighted by Gasteiger charge is -2.00. The highest BCUT2D eigenvalue weighted by atomic mass is 32.2. The van der Waals surface area contributed by atoms with Crippen LogP contribution in [0.2, 0.25) is 0 Å². The van der Waals surface area contributed by atoms with Crippen LogP contribution in [0.3, 0.4) is 0 Å². The van der Waals surface area contributed by atoms with Crippen molar-refractivity contribution in [1.82, 2.24) is 15.2 Å². The highest BCUT2D eigenvalue weighted by Crippen LogP contribution is 2.37. The summed E-state index contributed by atoms with van der Waals surface area (Å²) in [7, 11) is -1.11. The fraction of sp³-hybridized carbons (Fsp3) is 0.429. The van der Waals surface area contributed by atoms with Crippen LogP contribution in [0.1, 0.15) is 35.7 Å². The maximum atomic E-state index is 12.1. The van der Waals surface area contributed by atoms with Crippen molar-refractivity contribution in [3.8, 4) is 0 Å². The Hall–Kier alpha value is -1.49. The Balaban J connectivity index is 1.59. The highest BCUT2D eigenvalue weighted by Gasteiger charge is 2.27. The van der Waals surface area contributed by atoms with Gasteiger partial charge in [-0.3, -0.25) is 9.31 Å². The predicted molar refractivity (Wildman–Crippen MR) is 74.5 cm³/mol. The van der Waals surface area contributed by atoms with Crippen LogP contribution >= 0.6 is 0 Å². The quantitative estimate of drug-likeness (QED) is 0.911. The van der Waals surface area contributed by atoms with Crippen molar-refractivity contribution >= 4 is 10.8 Å². The third-order valence-corrected chi connectivity index (χ3v) is 4.51. The fourth-order valence-electron chi connectivity index (χ4n) is 1.96. The molecule has 1 aliphatic carbocycles. The molecule has 4 nitrogen and oxygen atoms in total. The van der Waals surface area contributed by atoms with E-state index in [0.717, 1.165) is 12.2 Å². The third kappa shape index (κ3) is 3.10. The lowest BCUT2D eigenvalue weighted by molar-refractivity contribution is 0.675. The number of hydrogen-bond donors (Lipinski definition) is 1. The number of H-pyrrole nitrogens is 1. The van der Waals surface area contributed by atoms with Gasteiger partial charge < -0.3 is 0 Å². The van der Waals surface area contributed by atoms with Crippen LogP contribution in [0.4, 0.5) is 0 Å². The molecule has 100 valence electrons. The van der Waals surface area contributed by atoms with Crippen LogP contribution in [0, 0.1) is 6.92 Å². The standard InChI is InChI=1S/C14H17N3OS/c1-10-2-4-11(5-3-10)8-9-19(18)14-15-13(16-17-14)12-6-7-12/h2-5,12H,6-9H2,1H3,(H,15,16,17)/t19-/m1/s1. The molecule has 5 heteroatoms. The minimum absolute atomic E-state index is 0.453. The van der Waals surface area contributed by atoms with E-state index in [-0.39, 0.29) is 0 Å². The molecule has 1 atom stereocenters. The molecule has 1 saturated carbocycles. The van der Waals surface area contributed by atoms with Crippen molar-refractivity contribution in [2.45, 2.75) is 37.3 Å². The smallest absolute Gasteiger partial charge is 0.238 e. The van der Waals surface area contributed by atoms with E-state index in [1.165, 1.54) is 24.0 Å². The van der Waals surface area contributed by atoms with Gasteiger partial charge in [-0.2, -0.15) is 0 Å². The number of benzene rings is 1. The first kappa shape index (κ1) is 12.5. The maximum absolute atomic E-state index is 12.1. The normalized spacial score (nSPS) is 16.5. The van der Waals surface area contributed by atoms with Gasteiger partial charge in [0.1, 0.15) is 5.82 Å². The molecular formula is C14H17N3OS. The van der Waals surface area contributed by atoms with E-state index in [1.54, 1.807) is 0 Å². The molecule has 1 aromatic heterocycles. The molecule has 0 saturated heterocycles. The zero-order chi connectivity index (χ0) is 13.2. The van der Waals surface area contributed by atoms with Crippen LogP contribution in [-0.4, -0.2) is 25.1 Å². The van der Waals surface area contributed by atoms with Gasteiger partial charge >= 0.3 is 0 Å². The van der Waals surface area contributed by atoms with E-state index >= 15 is 0 Å². The number of aromatic amines is 1. The first-order valence-corrected chi connectivity index (χ1v) is 7.90. The molecule has 2 aromatic rings. The number of aryl methyl sites for hydroxylation is 2. The van der Waals surface area contributed by atoms with Crippen molar-refractivity contribution in [3.05, 3.63) is 41.2 Å². The van der Waals surface area contributed by atoms with Gasteiger partial charge in [-0.1, -0.05) is 29.8 Å². The van der Waals surface area contributed by atoms with Crippen LogP contribution in [-0.2, 0) is 17.2 Å². The molecule has 1 fully saturated rings. The summed E-state index contributed by atoms with van der Waals surface area (Å²) in [6.07, 6.45) is 3.13. The Bertz CT molecular complexity index is 587. The molecule has 1 N–H and O–H groups in total. The van der Waals surface area contributed by atoms with Gasteiger partial charge in [0.25, 0.3) is 0 Å². The van der Waals surface area contributed by atoms with E-state index in [0.29, 0.717) is 16.8 Å². The number of nitrogens with zero attached hydrogens (tertiary/aromatic N) is 2. The molecule has 0 bridgehead atoms. The first-order chi connectivity index (χ1) is 9.22. The summed E-state index contributed by atoms with van der Waals surface area (Å²) in [6, 6.07) is 8.33. The molecular weight excluding hydrogens is 258 g/mol. The predicted octanol–water partition coefficient (Wildman–Crippen LogP) is 2.34. The van der Waals surface area contributed by atoms with Crippen molar-refractivity contribution in [3.63, 3.8) is 0 Å². The van der Waals surface area contributed by atoms with Gasteiger partial charge in [-0.25, -0.2) is 4.98 Å². The summed E-state index contributed by atoms with van der Waals surface area (Å²) in [5.74, 6) is 2.00. The lowest BCUT2D eigenvalue weighted by Crippen LogP contribution is -2.03. The Kier molecular flexibility index (Phi) is 3.46. The van der Waals surface area contributed by atoms with Crippen LogP contribution in [0.15, 0.2) is 29.4 Å². The van der Waals surface area contributed by atoms with Crippen LogP contribution < -0.4 is 0 Å². The molecule has 0 aliphatic heterocycles. The van der Waals surface area contributed by atoms with E-state index in [4.69, 9.17) is 0 Å². The molecule has 19 heavy (non-hydrogen) atoms. The molecule has 0 unspecified atom stereocenters. The van der Waals surface area contributed by atoms with E-state index in [1.807, 2.05) is 0 Å². The van der Waals surface area contributed by atoms with Gasteiger partial charge in [-0.15, -0.1) is 5.10 Å². The summed E-state index contributed by atoms with van der Waals surface area (Å²) in [5, 5.41) is 7.42. The Labute approximate surface area is 115 Å². The Morgan fingerprint density at radius 3 is 2.74 bits per heavy atom. The second-order valence-electron chi connectivity index (χ2n) is 5.06. The maximum Gasteiger partial charge on any atom is 0.238 e. The topological polar surface area (TPSA) is 58.6 Å². The van der Waals surface area contributed by atoms with Crippen LogP contribution in [0.5, 0.6) is 0 Å². The average Bonchev–Trinajstić information content (AvgIpc) is 3.15. The number of rotatable bonds is 5.